The van der Waals surface area contributed by atoms with Gasteiger partial charge in [0.05, 0.1) is 5.41 Å². The number of rotatable bonds is 4. The Balaban J connectivity index is 1.46. The van der Waals surface area contributed by atoms with Gasteiger partial charge in [0, 0.05) is 52.7 Å². The van der Waals surface area contributed by atoms with Crippen LogP contribution in [0.15, 0.2) is 54.6 Å². The van der Waals surface area contributed by atoms with Crippen LogP contribution in [-0.4, -0.2) is 65.8 Å². The maximum absolute atomic E-state index is 13.9. The van der Waals surface area contributed by atoms with Crippen LogP contribution in [0, 0.1) is 6.92 Å². The quantitative estimate of drug-likeness (QED) is 0.764. The molecule has 0 saturated carbocycles. The molecule has 2 fully saturated rings. The van der Waals surface area contributed by atoms with Gasteiger partial charge in [-0.3, -0.25) is 14.5 Å². The van der Waals surface area contributed by atoms with Crippen LogP contribution in [0.3, 0.4) is 0 Å². The first-order chi connectivity index (χ1) is 15.0. The van der Waals surface area contributed by atoms with Gasteiger partial charge < -0.3 is 9.80 Å². The molecule has 0 spiro atoms. The number of aryl methyl sites for hydroxylation is 1. The SMILES string of the molecule is CC(=O)N1CCC(C(=O)N2CCN(Cc3ccccc3C)CC2)(c2ccccc2)CC1. The largest absolute Gasteiger partial charge is 0.343 e. The molecule has 5 heteroatoms. The fraction of sp³-hybridized carbons (Fsp3) is 0.462. The third kappa shape index (κ3) is 4.52. The van der Waals surface area contributed by atoms with Crippen LogP contribution in [0.5, 0.6) is 0 Å². The van der Waals surface area contributed by atoms with Gasteiger partial charge in [-0.05, 0) is 36.5 Å². The minimum atomic E-state index is -0.522. The van der Waals surface area contributed by atoms with Gasteiger partial charge in [-0.25, -0.2) is 0 Å². The Hall–Kier alpha value is -2.66. The second-order valence-corrected chi connectivity index (χ2v) is 8.95. The highest BCUT2D eigenvalue weighted by Gasteiger charge is 2.45. The molecule has 0 aromatic heterocycles. The lowest BCUT2D eigenvalue weighted by molar-refractivity contribution is -0.144. The third-order valence-corrected chi connectivity index (χ3v) is 7.11. The molecule has 4 rings (SSSR count). The van der Waals surface area contributed by atoms with E-state index in [4.69, 9.17) is 0 Å². The Morgan fingerprint density at radius 3 is 2.03 bits per heavy atom. The average molecular weight is 420 g/mol. The normalized spacial score (nSPS) is 19.3. The van der Waals surface area contributed by atoms with Crippen LogP contribution >= 0.6 is 0 Å². The van der Waals surface area contributed by atoms with Crippen molar-refractivity contribution in [3.63, 3.8) is 0 Å². The summed E-state index contributed by atoms with van der Waals surface area (Å²) in [5.74, 6) is 0.330. The van der Waals surface area contributed by atoms with E-state index in [1.54, 1.807) is 6.92 Å². The number of carbonyl (C=O) groups excluding carboxylic acids is 2. The predicted octanol–water partition coefficient (Wildman–Crippen LogP) is 3.22. The van der Waals surface area contributed by atoms with Crippen LogP contribution < -0.4 is 0 Å². The fourth-order valence-electron chi connectivity index (χ4n) is 5.03. The number of hydrogen-bond donors (Lipinski definition) is 0. The molecule has 0 radical (unpaired) electrons. The fourth-order valence-corrected chi connectivity index (χ4v) is 5.03. The van der Waals surface area contributed by atoms with E-state index in [1.165, 1.54) is 11.1 Å². The van der Waals surface area contributed by atoms with E-state index in [0.29, 0.717) is 25.9 Å². The summed E-state index contributed by atoms with van der Waals surface area (Å²) >= 11 is 0. The number of likely N-dealkylation sites (tertiary alicyclic amines) is 1. The monoisotopic (exact) mass is 419 g/mol. The minimum Gasteiger partial charge on any atom is -0.343 e. The maximum atomic E-state index is 13.9. The van der Waals surface area contributed by atoms with Crippen LogP contribution in [0.1, 0.15) is 36.5 Å². The highest BCUT2D eigenvalue weighted by Crippen LogP contribution is 2.38. The molecule has 2 heterocycles. The summed E-state index contributed by atoms with van der Waals surface area (Å²) in [7, 11) is 0. The van der Waals surface area contributed by atoms with Gasteiger partial charge >= 0.3 is 0 Å². The van der Waals surface area contributed by atoms with Crippen LogP contribution in [0.2, 0.25) is 0 Å². The zero-order valence-electron chi connectivity index (χ0n) is 18.7. The molecular formula is C26H33N3O2. The summed E-state index contributed by atoms with van der Waals surface area (Å²) in [5, 5.41) is 0. The molecule has 2 saturated heterocycles. The molecule has 164 valence electrons. The number of amides is 2. The molecule has 0 bridgehead atoms. The standard InChI is InChI=1S/C26H33N3O2/c1-21-8-6-7-9-23(21)20-27-16-18-29(19-17-27)25(31)26(24-10-4-3-5-11-24)12-14-28(15-13-26)22(2)30/h3-11H,12-20H2,1-2H3. The molecule has 2 aliphatic rings. The summed E-state index contributed by atoms with van der Waals surface area (Å²) in [5.41, 5.74) is 3.25. The Morgan fingerprint density at radius 1 is 0.806 bits per heavy atom. The van der Waals surface area contributed by atoms with Crippen molar-refractivity contribution in [1.82, 2.24) is 14.7 Å². The molecule has 5 nitrogen and oxygen atoms in total. The van der Waals surface area contributed by atoms with E-state index >= 15 is 0 Å². The Morgan fingerprint density at radius 2 is 1.42 bits per heavy atom. The number of nitrogens with zero attached hydrogens (tertiary/aromatic N) is 3. The van der Waals surface area contributed by atoms with Crippen molar-refractivity contribution in [2.45, 2.75) is 38.6 Å². The first-order valence-electron chi connectivity index (χ1n) is 11.4. The van der Waals surface area contributed by atoms with Crippen molar-refractivity contribution in [3.8, 4) is 0 Å². The van der Waals surface area contributed by atoms with Crippen molar-refractivity contribution in [2.75, 3.05) is 39.3 Å². The van der Waals surface area contributed by atoms with Gasteiger partial charge in [0.25, 0.3) is 0 Å². The van der Waals surface area contributed by atoms with Gasteiger partial charge in [0.2, 0.25) is 11.8 Å². The number of benzene rings is 2. The van der Waals surface area contributed by atoms with Crippen molar-refractivity contribution >= 4 is 11.8 Å². The highest BCUT2D eigenvalue weighted by atomic mass is 16.2. The van der Waals surface area contributed by atoms with Gasteiger partial charge in [0.15, 0.2) is 0 Å². The van der Waals surface area contributed by atoms with Crippen LogP contribution in [0.25, 0.3) is 0 Å². The van der Waals surface area contributed by atoms with E-state index in [1.807, 2.05) is 23.1 Å². The zero-order chi connectivity index (χ0) is 21.8. The molecule has 0 aliphatic carbocycles. The lowest BCUT2D eigenvalue weighted by atomic mass is 9.71. The Kier molecular flexibility index (Phi) is 6.42. The molecule has 31 heavy (non-hydrogen) atoms. The lowest BCUT2D eigenvalue weighted by Gasteiger charge is -2.45. The molecule has 0 atom stereocenters. The molecular weight excluding hydrogens is 386 g/mol. The smallest absolute Gasteiger partial charge is 0.233 e. The summed E-state index contributed by atoms with van der Waals surface area (Å²) in [4.78, 5) is 32.1. The molecule has 2 aromatic carbocycles. The van der Waals surface area contributed by atoms with Crippen molar-refractivity contribution in [2.24, 2.45) is 0 Å². The third-order valence-electron chi connectivity index (χ3n) is 7.11. The van der Waals surface area contributed by atoms with Crippen molar-refractivity contribution < 1.29 is 9.59 Å². The van der Waals surface area contributed by atoms with Crippen LogP contribution in [0.4, 0.5) is 0 Å². The first-order valence-corrected chi connectivity index (χ1v) is 11.4. The topological polar surface area (TPSA) is 43.9 Å². The van der Waals surface area contributed by atoms with Gasteiger partial charge in [0.1, 0.15) is 0 Å². The van der Waals surface area contributed by atoms with Gasteiger partial charge in [-0.1, -0.05) is 54.6 Å². The molecule has 2 amide bonds. The summed E-state index contributed by atoms with van der Waals surface area (Å²) < 4.78 is 0. The van der Waals surface area contributed by atoms with Gasteiger partial charge in [-0.15, -0.1) is 0 Å². The maximum Gasteiger partial charge on any atom is 0.233 e. The predicted molar refractivity (Wildman–Crippen MR) is 123 cm³/mol. The second-order valence-electron chi connectivity index (χ2n) is 8.95. The molecule has 0 N–H and O–H groups in total. The Labute approximate surface area is 185 Å². The average Bonchev–Trinajstić information content (AvgIpc) is 2.81. The zero-order valence-corrected chi connectivity index (χ0v) is 18.7. The molecule has 2 aromatic rings. The highest BCUT2D eigenvalue weighted by molar-refractivity contribution is 5.89. The van der Waals surface area contributed by atoms with E-state index in [-0.39, 0.29) is 11.8 Å². The van der Waals surface area contributed by atoms with Crippen molar-refractivity contribution in [1.29, 1.82) is 0 Å². The van der Waals surface area contributed by atoms with E-state index in [9.17, 15) is 9.59 Å². The summed E-state index contributed by atoms with van der Waals surface area (Å²) in [6.45, 7) is 9.30. The number of carbonyl (C=O) groups is 2. The second kappa shape index (κ2) is 9.23. The summed E-state index contributed by atoms with van der Waals surface area (Å²) in [6.07, 6.45) is 1.39. The number of piperazine rings is 1. The first kappa shape index (κ1) is 21.6. The lowest BCUT2D eigenvalue weighted by Crippen LogP contribution is -2.57. The number of hydrogen-bond acceptors (Lipinski definition) is 3. The Bertz CT molecular complexity index is 911. The van der Waals surface area contributed by atoms with E-state index in [0.717, 1.165) is 38.3 Å². The van der Waals surface area contributed by atoms with E-state index in [2.05, 4.69) is 53.1 Å². The molecule has 0 unspecified atom stereocenters. The van der Waals surface area contributed by atoms with E-state index < -0.39 is 5.41 Å². The van der Waals surface area contributed by atoms with Gasteiger partial charge in [-0.2, -0.15) is 0 Å². The minimum absolute atomic E-state index is 0.0962. The number of piperidine rings is 1. The van der Waals surface area contributed by atoms with Crippen LogP contribution in [-0.2, 0) is 21.5 Å². The molecule has 2 aliphatic heterocycles. The summed E-state index contributed by atoms with van der Waals surface area (Å²) in [6, 6.07) is 18.7. The van der Waals surface area contributed by atoms with Crippen molar-refractivity contribution in [3.05, 3.63) is 71.3 Å².